The van der Waals surface area contributed by atoms with E-state index in [1.54, 1.807) is 5.38 Å². The lowest BCUT2D eigenvalue weighted by Crippen LogP contribution is -2.23. The van der Waals surface area contributed by atoms with Gasteiger partial charge >= 0.3 is 0 Å². The van der Waals surface area contributed by atoms with Gasteiger partial charge in [-0.3, -0.25) is 9.59 Å². The van der Waals surface area contributed by atoms with Gasteiger partial charge in [0.2, 0.25) is 5.91 Å². The smallest absolute Gasteiger partial charge is 0.271 e. The van der Waals surface area contributed by atoms with Gasteiger partial charge in [-0.1, -0.05) is 13.8 Å². The number of hydrogen-bond donors (Lipinski definition) is 2. The lowest BCUT2D eigenvalue weighted by molar-refractivity contribution is -0.116. The number of amides is 2. The summed E-state index contributed by atoms with van der Waals surface area (Å²) in [5.41, 5.74) is 0.285. The van der Waals surface area contributed by atoms with Crippen molar-refractivity contribution < 1.29 is 14.0 Å². The molecule has 0 aliphatic rings. The Morgan fingerprint density at radius 1 is 1.36 bits per heavy atom. The topological polar surface area (TPSA) is 84.2 Å². The summed E-state index contributed by atoms with van der Waals surface area (Å²) in [6.07, 6.45) is 0.430. The average molecular weight is 321 g/mol. The summed E-state index contributed by atoms with van der Waals surface area (Å²) in [5.74, 6) is 1.37. The van der Waals surface area contributed by atoms with E-state index in [-0.39, 0.29) is 23.4 Å². The van der Waals surface area contributed by atoms with E-state index in [4.69, 9.17) is 4.42 Å². The van der Waals surface area contributed by atoms with Gasteiger partial charge in [-0.25, -0.2) is 4.98 Å². The number of carbonyl (C=O) groups is 2. The fourth-order valence-corrected chi connectivity index (χ4v) is 2.52. The summed E-state index contributed by atoms with van der Waals surface area (Å²) in [6, 6.07) is 3.65. The van der Waals surface area contributed by atoms with Gasteiger partial charge in [0.15, 0.2) is 5.13 Å². The van der Waals surface area contributed by atoms with Crippen LogP contribution in [0.4, 0.5) is 5.13 Å². The van der Waals surface area contributed by atoms with Crippen molar-refractivity contribution in [1.29, 1.82) is 0 Å². The van der Waals surface area contributed by atoms with Crippen LogP contribution in [-0.2, 0) is 11.3 Å². The Kier molecular flexibility index (Phi) is 5.32. The molecule has 0 aliphatic heterocycles. The molecule has 0 spiro atoms. The summed E-state index contributed by atoms with van der Waals surface area (Å²) >= 11 is 1.23. The van der Waals surface area contributed by atoms with Gasteiger partial charge in [-0.15, -0.1) is 11.3 Å². The van der Waals surface area contributed by atoms with Crippen LogP contribution in [0.2, 0.25) is 0 Å². The molecule has 2 amide bonds. The summed E-state index contributed by atoms with van der Waals surface area (Å²) in [5, 5.41) is 7.48. The van der Waals surface area contributed by atoms with Crippen LogP contribution in [0, 0.1) is 12.8 Å². The number of anilines is 1. The molecule has 2 N–H and O–H groups in total. The van der Waals surface area contributed by atoms with Crippen molar-refractivity contribution in [3.05, 3.63) is 34.7 Å². The minimum Gasteiger partial charge on any atom is -0.465 e. The number of furan rings is 1. The van der Waals surface area contributed by atoms with Gasteiger partial charge in [0.05, 0.1) is 6.54 Å². The van der Waals surface area contributed by atoms with E-state index < -0.39 is 0 Å². The highest BCUT2D eigenvalue weighted by Crippen LogP contribution is 2.16. The van der Waals surface area contributed by atoms with E-state index in [0.717, 1.165) is 5.76 Å². The van der Waals surface area contributed by atoms with Crippen molar-refractivity contribution in [2.24, 2.45) is 5.92 Å². The first-order valence-electron chi connectivity index (χ1n) is 7.03. The standard InChI is InChI=1S/C15H19N3O3S/c1-9(2)6-13(19)18-15-17-12(8-22-15)14(20)16-7-11-5-4-10(3)21-11/h4-5,8-9H,6-7H2,1-3H3,(H,16,20)(H,17,18,19). The van der Waals surface area contributed by atoms with Crippen molar-refractivity contribution in [2.45, 2.75) is 33.7 Å². The van der Waals surface area contributed by atoms with E-state index in [1.807, 2.05) is 32.9 Å². The molecule has 118 valence electrons. The first-order chi connectivity index (χ1) is 10.4. The zero-order valence-electron chi connectivity index (χ0n) is 12.8. The van der Waals surface area contributed by atoms with Crippen LogP contribution >= 0.6 is 11.3 Å². The molecule has 0 saturated heterocycles. The summed E-state index contributed by atoms with van der Waals surface area (Å²) in [7, 11) is 0. The highest BCUT2D eigenvalue weighted by Gasteiger charge is 2.13. The van der Waals surface area contributed by atoms with Crippen LogP contribution in [0.5, 0.6) is 0 Å². The van der Waals surface area contributed by atoms with Crippen LogP contribution in [0.25, 0.3) is 0 Å². The summed E-state index contributed by atoms with van der Waals surface area (Å²) in [4.78, 5) is 27.8. The van der Waals surface area contributed by atoms with Crippen LogP contribution in [0.1, 0.15) is 42.3 Å². The van der Waals surface area contributed by atoms with Crippen LogP contribution in [0.3, 0.4) is 0 Å². The van der Waals surface area contributed by atoms with Crippen molar-refractivity contribution >= 4 is 28.3 Å². The molecule has 0 aliphatic carbocycles. The second-order valence-corrected chi connectivity index (χ2v) is 6.24. The molecule has 2 rings (SSSR count). The molecule has 0 saturated carbocycles. The minimum absolute atomic E-state index is 0.0950. The van der Waals surface area contributed by atoms with Gasteiger partial charge in [0, 0.05) is 11.8 Å². The molecule has 7 heteroatoms. The number of hydrogen-bond acceptors (Lipinski definition) is 5. The molecule has 0 atom stereocenters. The van der Waals surface area contributed by atoms with Gasteiger partial charge in [-0.2, -0.15) is 0 Å². The second-order valence-electron chi connectivity index (χ2n) is 5.38. The largest absolute Gasteiger partial charge is 0.465 e. The van der Waals surface area contributed by atoms with Gasteiger partial charge in [0.1, 0.15) is 17.2 Å². The molecule has 2 aromatic heterocycles. The van der Waals surface area contributed by atoms with E-state index in [2.05, 4.69) is 15.6 Å². The molecule has 0 radical (unpaired) electrons. The maximum absolute atomic E-state index is 12.0. The normalized spacial score (nSPS) is 10.7. The van der Waals surface area contributed by atoms with Crippen LogP contribution in [-0.4, -0.2) is 16.8 Å². The van der Waals surface area contributed by atoms with Gasteiger partial charge in [-0.05, 0) is 25.0 Å². The lowest BCUT2D eigenvalue weighted by Gasteiger charge is -2.03. The fourth-order valence-electron chi connectivity index (χ4n) is 1.81. The van der Waals surface area contributed by atoms with Gasteiger partial charge in [0.25, 0.3) is 5.91 Å². The maximum atomic E-state index is 12.0. The minimum atomic E-state index is -0.297. The van der Waals surface area contributed by atoms with Crippen LogP contribution < -0.4 is 10.6 Å². The van der Waals surface area contributed by atoms with Crippen molar-refractivity contribution in [2.75, 3.05) is 5.32 Å². The molecule has 2 aromatic rings. The van der Waals surface area contributed by atoms with Gasteiger partial charge < -0.3 is 15.1 Å². The lowest BCUT2D eigenvalue weighted by atomic mass is 10.1. The number of aryl methyl sites for hydroxylation is 1. The third kappa shape index (κ3) is 4.70. The van der Waals surface area contributed by atoms with E-state index >= 15 is 0 Å². The first kappa shape index (κ1) is 16.2. The Morgan fingerprint density at radius 2 is 2.14 bits per heavy atom. The Labute approximate surface area is 132 Å². The third-order valence-electron chi connectivity index (χ3n) is 2.80. The zero-order chi connectivity index (χ0) is 16.1. The molecular weight excluding hydrogens is 302 g/mol. The SMILES string of the molecule is Cc1ccc(CNC(=O)c2csc(NC(=O)CC(C)C)n2)o1. The number of aromatic nitrogens is 1. The predicted octanol–water partition coefficient (Wildman–Crippen LogP) is 2.96. The van der Waals surface area contributed by atoms with E-state index in [1.165, 1.54) is 11.3 Å². The second kappa shape index (κ2) is 7.22. The Bertz CT molecular complexity index is 661. The Morgan fingerprint density at radius 3 is 2.77 bits per heavy atom. The third-order valence-corrected chi connectivity index (χ3v) is 3.55. The number of nitrogens with one attached hydrogen (secondary N) is 2. The zero-order valence-corrected chi connectivity index (χ0v) is 13.6. The summed E-state index contributed by atoms with van der Waals surface area (Å²) < 4.78 is 5.38. The monoisotopic (exact) mass is 321 g/mol. The molecule has 0 fully saturated rings. The van der Waals surface area contributed by atoms with E-state index in [0.29, 0.717) is 23.9 Å². The van der Waals surface area contributed by atoms with E-state index in [9.17, 15) is 9.59 Å². The predicted molar refractivity (Wildman–Crippen MR) is 84.8 cm³/mol. The maximum Gasteiger partial charge on any atom is 0.271 e. The number of rotatable bonds is 6. The number of thiazole rings is 1. The quantitative estimate of drug-likeness (QED) is 0.856. The number of nitrogens with zero attached hydrogens (tertiary/aromatic N) is 1. The highest BCUT2D eigenvalue weighted by molar-refractivity contribution is 7.14. The molecule has 2 heterocycles. The van der Waals surface area contributed by atoms with Crippen LogP contribution in [0.15, 0.2) is 21.9 Å². The average Bonchev–Trinajstić information content (AvgIpc) is 3.04. The fraction of sp³-hybridized carbons (Fsp3) is 0.400. The molecule has 0 aromatic carbocycles. The van der Waals surface area contributed by atoms with Crippen molar-refractivity contribution in [3.63, 3.8) is 0 Å². The molecular formula is C15H19N3O3S. The van der Waals surface area contributed by atoms with Crippen molar-refractivity contribution in [1.82, 2.24) is 10.3 Å². The highest BCUT2D eigenvalue weighted by atomic mass is 32.1. The number of carbonyl (C=O) groups excluding carboxylic acids is 2. The molecule has 22 heavy (non-hydrogen) atoms. The molecule has 0 unspecified atom stereocenters. The Balaban J connectivity index is 1.87. The molecule has 6 nitrogen and oxygen atoms in total. The Hall–Kier alpha value is -2.15. The molecule has 0 bridgehead atoms. The summed E-state index contributed by atoms with van der Waals surface area (Å²) in [6.45, 7) is 6.09. The first-order valence-corrected chi connectivity index (χ1v) is 7.91. The van der Waals surface area contributed by atoms with Crippen molar-refractivity contribution in [3.8, 4) is 0 Å².